The number of aliphatic hydroxyl groups excluding tert-OH is 8. The number of allylic oxidation sites excluding steroid dienone is 1. The first-order valence-corrected chi connectivity index (χ1v) is 23.2. The Kier molecular flexibility index (Phi) is 12.4. The molecule has 0 amide bonds. The van der Waals surface area contributed by atoms with E-state index in [1.165, 1.54) is 25.8 Å². The van der Waals surface area contributed by atoms with Crippen LogP contribution in [0.25, 0.3) is 0 Å². The van der Waals surface area contributed by atoms with E-state index in [1.54, 1.807) is 0 Å². The van der Waals surface area contributed by atoms with Crippen LogP contribution in [0.5, 0.6) is 0 Å². The fourth-order valence-electron chi connectivity index (χ4n) is 14.0. The fraction of sp³-hybridized carbons (Fsp3) is 0.956. The van der Waals surface area contributed by atoms with Gasteiger partial charge in [-0.05, 0) is 106 Å². The summed E-state index contributed by atoms with van der Waals surface area (Å²) in [6.45, 7) is 12.7. The van der Waals surface area contributed by atoms with Gasteiger partial charge in [0.15, 0.2) is 24.7 Å². The van der Waals surface area contributed by atoms with Gasteiger partial charge in [-0.15, -0.1) is 0 Å². The molecular weight excluding hydrogens is 796 g/mol. The summed E-state index contributed by atoms with van der Waals surface area (Å²) in [5.74, 6) is 2.64. The molecule has 5 heterocycles. The maximum atomic E-state index is 12.0. The van der Waals surface area contributed by atoms with Gasteiger partial charge in [0.05, 0.1) is 37.6 Å². The van der Waals surface area contributed by atoms with E-state index in [9.17, 15) is 40.9 Å². The molecule has 0 aromatic heterocycles. The van der Waals surface area contributed by atoms with Gasteiger partial charge in [0.1, 0.15) is 61.0 Å². The van der Waals surface area contributed by atoms with Gasteiger partial charge in [0.2, 0.25) is 0 Å². The highest BCUT2D eigenvalue weighted by Crippen LogP contribution is 2.70. The van der Waals surface area contributed by atoms with Crippen LogP contribution in [0, 0.1) is 46.3 Å². The van der Waals surface area contributed by atoms with Crippen molar-refractivity contribution in [2.24, 2.45) is 46.3 Å². The number of ether oxygens (including phenoxy) is 8. The average molecular weight is 869 g/mol. The molecule has 3 saturated carbocycles. The lowest BCUT2D eigenvalue weighted by atomic mass is 9.47. The van der Waals surface area contributed by atoms with E-state index < -0.39 is 105 Å². The molecule has 348 valence electrons. The van der Waals surface area contributed by atoms with Gasteiger partial charge in [0.25, 0.3) is 0 Å². The molecule has 4 aliphatic carbocycles. The molecule has 9 aliphatic rings. The molecule has 0 aromatic rings. The zero-order valence-electron chi connectivity index (χ0n) is 36.5. The number of hydrogen-bond acceptors (Lipinski definition) is 16. The normalized spacial score (nSPS) is 58.4. The van der Waals surface area contributed by atoms with Gasteiger partial charge in [-0.2, -0.15) is 0 Å². The topological polar surface area (TPSA) is 236 Å². The quantitative estimate of drug-likeness (QED) is 0.168. The molecule has 8 fully saturated rings. The summed E-state index contributed by atoms with van der Waals surface area (Å²) >= 11 is 0. The van der Waals surface area contributed by atoms with Crippen molar-refractivity contribution in [3.8, 4) is 0 Å². The van der Waals surface area contributed by atoms with Gasteiger partial charge in [-0.25, -0.2) is 0 Å². The molecule has 5 saturated heterocycles. The zero-order valence-corrected chi connectivity index (χ0v) is 36.5. The van der Waals surface area contributed by atoms with E-state index in [1.807, 2.05) is 0 Å². The molecule has 0 radical (unpaired) electrons. The van der Waals surface area contributed by atoms with E-state index in [4.69, 9.17) is 37.9 Å². The Morgan fingerprint density at radius 3 is 1.97 bits per heavy atom. The third-order valence-corrected chi connectivity index (χ3v) is 17.6. The van der Waals surface area contributed by atoms with E-state index in [2.05, 4.69) is 33.8 Å². The van der Waals surface area contributed by atoms with Crippen molar-refractivity contribution < 1.29 is 78.7 Å². The monoisotopic (exact) mass is 868 g/mol. The highest BCUT2D eigenvalue weighted by atomic mass is 16.8. The zero-order chi connectivity index (χ0) is 43.5. The molecule has 0 bridgehead atoms. The van der Waals surface area contributed by atoms with Crippen LogP contribution in [0.1, 0.15) is 99.3 Å². The Balaban J connectivity index is 0.916. The molecule has 16 nitrogen and oxygen atoms in total. The summed E-state index contributed by atoms with van der Waals surface area (Å²) in [6, 6.07) is 0. The van der Waals surface area contributed by atoms with Crippen LogP contribution in [-0.4, -0.2) is 164 Å². The summed E-state index contributed by atoms with van der Waals surface area (Å²) in [5, 5.41) is 85.9. The Labute approximate surface area is 358 Å². The Morgan fingerprint density at radius 1 is 0.689 bits per heavy atom. The molecule has 61 heavy (non-hydrogen) atoms. The molecular formula is C45H72O16. The first kappa shape index (κ1) is 45.3. The van der Waals surface area contributed by atoms with E-state index in [0.29, 0.717) is 48.3 Å². The maximum Gasteiger partial charge on any atom is 0.187 e. The molecule has 8 N–H and O–H groups in total. The smallest absolute Gasteiger partial charge is 0.187 e. The van der Waals surface area contributed by atoms with Gasteiger partial charge in [-0.1, -0.05) is 39.3 Å². The molecule has 3 unspecified atom stereocenters. The fourth-order valence-corrected chi connectivity index (χ4v) is 14.0. The standard InChI is InChI=1S/C45H72O16/c1-19-9-14-45(54-18-19)20(2)30-28(61-45)16-27-25-8-7-23-15-24(10-12-43(23,5)26(25)11-13-44(27,30)6)57-42-39(60-41-36(52)34(50)32(48)22(4)56-41)37(53)38(29(17-46)58-42)59-40-35(51)33(49)31(47)21(3)55-40/h7,19-22,24-42,46-53H,8-18H2,1-6H3/t19-,20?,21+,22+,24+,25-,26+,27+,28?,29-,30?,31+,32+,33-,34-,35-,36-,37+,38-,39-,40+,41+,42+,43+,44+,45-/m1/s1. The summed E-state index contributed by atoms with van der Waals surface area (Å²) in [4.78, 5) is 0. The lowest BCUT2D eigenvalue weighted by Gasteiger charge is -2.58. The van der Waals surface area contributed by atoms with E-state index >= 15 is 0 Å². The van der Waals surface area contributed by atoms with Gasteiger partial charge in [0, 0.05) is 12.3 Å². The van der Waals surface area contributed by atoms with Crippen molar-refractivity contribution in [1.29, 1.82) is 0 Å². The molecule has 16 heteroatoms. The van der Waals surface area contributed by atoms with Gasteiger partial charge in [-0.3, -0.25) is 0 Å². The first-order chi connectivity index (χ1) is 28.9. The summed E-state index contributed by atoms with van der Waals surface area (Å²) in [6.07, 6.45) is -10.4. The van der Waals surface area contributed by atoms with Crippen LogP contribution < -0.4 is 0 Å². The summed E-state index contributed by atoms with van der Waals surface area (Å²) < 4.78 is 50.1. The molecule has 5 aliphatic heterocycles. The van der Waals surface area contributed by atoms with Crippen LogP contribution in [0.4, 0.5) is 0 Å². The number of aliphatic hydroxyl groups is 8. The van der Waals surface area contributed by atoms with Crippen molar-refractivity contribution in [2.45, 2.75) is 209 Å². The van der Waals surface area contributed by atoms with Crippen molar-refractivity contribution >= 4 is 0 Å². The Bertz CT molecular complexity index is 1590. The average Bonchev–Trinajstić information content (AvgIpc) is 3.69. The molecule has 26 atom stereocenters. The summed E-state index contributed by atoms with van der Waals surface area (Å²) in [5.41, 5.74) is 1.53. The van der Waals surface area contributed by atoms with Crippen molar-refractivity contribution in [3.63, 3.8) is 0 Å². The highest BCUT2D eigenvalue weighted by molar-refractivity contribution is 5.26. The van der Waals surface area contributed by atoms with E-state index in [0.717, 1.165) is 45.1 Å². The van der Waals surface area contributed by atoms with Gasteiger partial charge < -0.3 is 78.7 Å². The third kappa shape index (κ3) is 7.42. The first-order valence-electron chi connectivity index (χ1n) is 23.2. The lowest BCUT2D eigenvalue weighted by molar-refractivity contribution is -0.388. The predicted octanol–water partition coefficient (Wildman–Crippen LogP) is 1.24. The van der Waals surface area contributed by atoms with Crippen molar-refractivity contribution in [2.75, 3.05) is 13.2 Å². The second kappa shape index (κ2) is 16.8. The SMILES string of the molecule is CC1C2C(C[C@H]3[C@@H]4CC=C5C[C@@H](O[C@H]6O[C@H](CO)[C@@H](O[C@@H]7O[C@@H](C)[C@H](O)[C@@H](O)[C@H]7O)[C@H](O)[C@H]6O[C@@H]6O[C@@H](C)[C@H](O)[C@@H](O)[C@H]6O)CC[C@]5(C)[C@H]4CC[C@]23C)O[C@]12CC[C@@H](C)CO2. The third-order valence-electron chi connectivity index (χ3n) is 17.6. The number of fused-ring (bicyclic) bond motifs is 7. The molecule has 1 spiro atoms. The van der Waals surface area contributed by atoms with Crippen LogP contribution in [-0.2, 0) is 37.9 Å². The predicted molar refractivity (Wildman–Crippen MR) is 213 cm³/mol. The molecule has 0 aromatic carbocycles. The molecule has 9 rings (SSSR count). The number of rotatable bonds is 7. The largest absolute Gasteiger partial charge is 0.394 e. The van der Waals surface area contributed by atoms with Crippen molar-refractivity contribution in [3.05, 3.63) is 11.6 Å². The van der Waals surface area contributed by atoms with Crippen LogP contribution >= 0.6 is 0 Å². The lowest BCUT2D eigenvalue weighted by Crippen LogP contribution is -2.66. The highest BCUT2D eigenvalue weighted by Gasteiger charge is 2.69. The minimum absolute atomic E-state index is 0.0171. The number of hydrogen-bond donors (Lipinski definition) is 8. The van der Waals surface area contributed by atoms with E-state index in [-0.39, 0.29) is 23.0 Å². The van der Waals surface area contributed by atoms with Crippen LogP contribution in [0.15, 0.2) is 11.6 Å². The minimum Gasteiger partial charge on any atom is -0.394 e. The van der Waals surface area contributed by atoms with Crippen LogP contribution in [0.3, 0.4) is 0 Å². The Morgan fingerprint density at radius 2 is 1.34 bits per heavy atom. The van der Waals surface area contributed by atoms with Crippen molar-refractivity contribution in [1.82, 2.24) is 0 Å². The van der Waals surface area contributed by atoms with Gasteiger partial charge >= 0.3 is 0 Å². The second-order valence-corrected chi connectivity index (χ2v) is 21.1. The Hall–Kier alpha value is -0.900. The van der Waals surface area contributed by atoms with Crippen LogP contribution in [0.2, 0.25) is 0 Å². The summed E-state index contributed by atoms with van der Waals surface area (Å²) in [7, 11) is 0. The minimum atomic E-state index is -1.71. The second-order valence-electron chi connectivity index (χ2n) is 21.1. The maximum absolute atomic E-state index is 12.0.